The first-order valence-corrected chi connectivity index (χ1v) is 5.22. The van der Waals surface area contributed by atoms with Gasteiger partial charge in [0.2, 0.25) is 5.91 Å². The molecule has 2 radical (unpaired) electrons. The largest absolute Gasteiger partial charge is 0.353 e. The molecule has 0 aliphatic heterocycles. The van der Waals surface area contributed by atoms with Crippen LogP contribution in [0.2, 0.25) is 0 Å². The molecule has 1 N–H and O–H groups in total. The maximum Gasteiger partial charge on any atom is 0.220 e. The molecule has 1 atom stereocenters. The quantitative estimate of drug-likeness (QED) is 0.688. The standard InChI is InChI=1S/C11H17NO2/c1-9(8-13)7-11(14)12-10-5-3-2-4-6-10/h1,8-10H,2-7H2,(H,12,14)/t9-/m0/s1. The number of hydrogen-bond donors (Lipinski definition) is 1. The number of aldehydes is 1. The van der Waals surface area contributed by atoms with Crippen LogP contribution in [0.5, 0.6) is 0 Å². The van der Waals surface area contributed by atoms with E-state index < -0.39 is 5.92 Å². The molecule has 3 heteroatoms. The molecule has 1 aliphatic rings. The lowest BCUT2D eigenvalue weighted by Gasteiger charge is -2.22. The third kappa shape index (κ3) is 3.90. The second kappa shape index (κ2) is 5.78. The van der Waals surface area contributed by atoms with Gasteiger partial charge in [-0.3, -0.25) is 4.79 Å². The molecule has 0 saturated heterocycles. The van der Waals surface area contributed by atoms with Crippen molar-refractivity contribution in [1.29, 1.82) is 0 Å². The van der Waals surface area contributed by atoms with Crippen molar-refractivity contribution >= 4 is 12.2 Å². The fourth-order valence-electron chi connectivity index (χ4n) is 1.80. The van der Waals surface area contributed by atoms with Crippen molar-refractivity contribution in [2.45, 2.75) is 44.6 Å². The summed E-state index contributed by atoms with van der Waals surface area (Å²) in [5, 5.41) is 2.91. The van der Waals surface area contributed by atoms with Gasteiger partial charge in [0.15, 0.2) is 0 Å². The molecule has 0 aromatic rings. The van der Waals surface area contributed by atoms with E-state index in [-0.39, 0.29) is 12.3 Å². The fourth-order valence-corrected chi connectivity index (χ4v) is 1.80. The Kier molecular flexibility index (Phi) is 4.63. The van der Waals surface area contributed by atoms with Crippen LogP contribution in [0.1, 0.15) is 38.5 Å². The smallest absolute Gasteiger partial charge is 0.220 e. The molecular formula is C11H17NO2. The van der Waals surface area contributed by atoms with Gasteiger partial charge in [0, 0.05) is 18.4 Å². The van der Waals surface area contributed by atoms with E-state index in [2.05, 4.69) is 5.32 Å². The molecule has 1 amide bonds. The highest BCUT2D eigenvalue weighted by molar-refractivity contribution is 5.79. The molecule has 1 fully saturated rings. The van der Waals surface area contributed by atoms with Gasteiger partial charge in [0.1, 0.15) is 6.29 Å². The lowest BCUT2D eigenvalue weighted by molar-refractivity contribution is -0.124. The molecule has 0 aromatic carbocycles. The Labute approximate surface area is 85.3 Å². The minimum Gasteiger partial charge on any atom is -0.353 e. The minimum absolute atomic E-state index is 0.100. The van der Waals surface area contributed by atoms with Crippen LogP contribution in [0.4, 0.5) is 0 Å². The van der Waals surface area contributed by atoms with Crippen LogP contribution in [-0.2, 0) is 9.59 Å². The van der Waals surface area contributed by atoms with E-state index in [0.717, 1.165) is 12.8 Å². The fraction of sp³-hybridized carbons (Fsp3) is 0.727. The summed E-state index contributed by atoms with van der Waals surface area (Å²) in [6.07, 6.45) is 6.47. The maximum absolute atomic E-state index is 11.3. The monoisotopic (exact) mass is 195 g/mol. The molecule has 78 valence electrons. The van der Waals surface area contributed by atoms with E-state index in [1.54, 1.807) is 0 Å². The Hall–Kier alpha value is -0.860. The zero-order chi connectivity index (χ0) is 10.4. The van der Waals surface area contributed by atoms with Crippen LogP contribution in [0.25, 0.3) is 0 Å². The van der Waals surface area contributed by atoms with Crippen LogP contribution >= 0.6 is 0 Å². The van der Waals surface area contributed by atoms with Crippen LogP contribution in [0.15, 0.2) is 0 Å². The zero-order valence-corrected chi connectivity index (χ0v) is 8.37. The summed E-state index contributed by atoms with van der Waals surface area (Å²) in [6.45, 7) is 5.35. The van der Waals surface area contributed by atoms with Crippen LogP contribution in [0, 0.1) is 12.8 Å². The highest BCUT2D eigenvalue weighted by atomic mass is 16.1. The van der Waals surface area contributed by atoms with Crippen molar-refractivity contribution in [1.82, 2.24) is 5.32 Å². The van der Waals surface area contributed by atoms with E-state index in [0.29, 0.717) is 12.3 Å². The molecule has 1 saturated carbocycles. The Bertz CT molecular complexity index is 197. The molecule has 1 aliphatic carbocycles. The Balaban J connectivity index is 2.21. The molecule has 14 heavy (non-hydrogen) atoms. The lowest BCUT2D eigenvalue weighted by atomic mass is 9.95. The normalized spacial score (nSPS) is 20.1. The number of carbonyl (C=O) groups is 2. The van der Waals surface area contributed by atoms with Crippen molar-refractivity contribution in [3.05, 3.63) is 6.92 Å². The van der Waals surface area contributed by atoms with E-state index in [1.165, 1.54) is 19.3 Å². The lowest BCUT2D eigenvalue weighted by Crippen LogP contribution is -2.36. The molecule has 0 aromatic heterocycles. The van der Waals surface area contributed by atoms with E-state index in [9.17, 15) is 9.59 Å². The third-order valence-electron chi connectivity index (χ3n) is 2.57. The van der Waals surface area contributed by atoms with Crippen LogP contribution < -0.4 is 5.32 Å². The number of carbonyl (C=O) groups excluding carboxylic acids is 2. The van der Waals surface area contributed by atoms with Gasteiger partial charge in [0.25, 0.3) is 0 Å². The molecule has 1 rings (SSSR count). The van der Waals surface area contributed by atoms with Gasteiger partial charge < -0.3 is 10.1 Å². The van der Waals surface area contributed by atoms with Gasteiger partial charge in [-0.05, 0) is 19.8 Å². The van der Waals surface area contributed by atoms with Crippen LogP contribution in [-0.4, -0.2) is 18.2 Å². The first-order valence-electron chi connectivity index (χ1n) is 5.22. The molecule has 0 bridgehead atoms. The molecule has 0 unspecified atom stereocenters. The van der Waals surface area contributed by atoms with Gasteiger partial charge in [0.05, 0.1) is 0 Å². The van der Waals surface area contributed by atoms with Crippen molar-refractivity contribution in [3.63, 3.8) is 0 Å². The summed E-state index contributed by atoms with van der Waals surface area (Å²) < 4.78 is 0. The van der Waals surface area contributed by atoms with E-state index >= 15 is 0 Å². The Morgan fingerprint density at radius 3 is 2.64 bits per heavy atom. The van der Waals surface area contributed by atoms with Crippen molar-refractivity contribution in [3.8, 4) is 0 Å². The third-order valence-corrected chi connectivity index (χ3v) is 2.57. The van der Waals surface area contributed by atoms with Gasteiger partial charge >= 0.3 is 0 Å². The first-order chi connectivity index (χ1) is 6.72. The summed E-state index contributed by atoms with van der Waals surface area (Å²) in [4.78, 5) is 21.6. The summed E-state index contributed by atoms with van der Waals surface area (Å²) >= 11 is 0. The first kappa shape index (κ1) is 11.2. The number of rotatable bonds is 4. The molecular weight excluding hydrogens is 178 g/mol. The van der Waals surface area contributed by atoms with Crippen LogP contribution in [0.3, 0.4) is 0 Å². The summed E-state index contributed by atoms with van der Waals surface area (Å²) in [5.74, 6) is -0.755. The highest BCUT2D eigenvalue weighted by Crippen LogP contribution is 2.17. The topological polar surface area (TPSA) is 46.2 Å². The summed E-state index contributed by atoms with van der Waals surface area (Å²) in [7, 11) is 0. The van der Waals surface area contributed by atoms with E-state index in [1.807, 2.05) is 0 Å². The second-order valence-corrected chi connectivity index (χ2v) is 3.91. The van der Waals surface area contributed by atoms with Crippen molar-refractivity contribution in [2.24, 2.45) is 5.92 Å². The number of hydrogen-bond acceptors (Lipinski definition) is 2. The predicted molar refractivity (Wildman–Crippen MR) is 53.5 cm³/mol. The van der Waals surface area contributed by atoms with Crippen molar-refractivity contribution < 1.29 is 9.59 Å². The van der Waals surface area contributed by atoms with Gasteiger partial charge in [-0.1, -0.05) is 19.3 Å². The number of amides is 1. The minimum atomic E-state index is -0.654. The SMILES string of the molecule is [CH][C@H](C=O)CC(=O)NC1CCCCC1. The summed E-state index contributed by atoms with van der Waals surface area (Å²) in [6, 6.07) is 0.301. The van der Waals surface area contributed by atoms with Gasteiger partial charge in [-0.25, -0.2) is 0 Å². The molecule has 0 spiro atoms. The van der Waals surface area contributed by atoms with Crippen molar-refractivity contribution in [2.75, 3.05) is 0 Å². The van der Waals surface area contributed by atoms with Gasteiger partial charge in [-0.15, -0.1) is 0 Å². The highest BCUT2D eigenvalue weighted by Gasteiger charge is 2.16. The molecule has 3 nitrogen and oxygen atoms in total. The Morgan fingerprint density at radius 2 is 2.07 bits per heavy atom. The molecule has 0 heterocycles. The van der Waals surface area contributed by atoms with Gasteiger partial charge in [-0.2, -0.15) is 0 Å². The maximum atomic E-state index is 11.3. The number of nitrogens with one attached hydrogen (secondary N) is 1. The second-order valence-electron chi connectivity index (χ2n) is 3.91. The average molecular weight is 195 g/mol. The zero-order valence-electron chi connectivity index (χ0n) is 8.37. The van der Waals surface area contributed by atoms with E-state index in [4.69, 9.17) is 6.92 Å². The summed E-state index contributed by atoms with van der Waals surface area (Å²) in [5.41, 5.74) is 0. The Morgan fingerprint density at radius 1 is 1.43 bits per heavy atom. The predicted octanol–water partition coefficient (Wildman–Crippen LogP) is 1.35. The average Bonchev–Trinajstić information content (AvgIpc) is 2.19.